The maximum atomic E-state index is 13.9. The monoisotopic (exact) mass is 282 g/mol. The van der Waals surface area contributed by atoms with Crippen molar-refractivity contribution in [1.82, 2.24) is 0 Å². The fourth-order valence-corrected chi connectivity index (χ4v) is 2.64. The Balaban J connectivity index is 2.34. The van der Waals surface area contributed by atoms with Gasteiger partial charge in [-0.25, -0.2) is 4.39 Å². The average Bonchev–Trinajstić information content (AvgIpc) is 2.31. The van der Waals surface area contributed by atoms with Gasteiger partial charge in [0.15, 0.2) is 0 Å². The van der Waals surface area contributed by atoms with Crippen molar-refractivity contribution >= 4 is 22.9 Å². The lowest BCUT2D eigenvalue weighted by atomic mass is 9.90. The molecule has 2 rings (SSSR count). The van der Waals surface area contributed by atoms with Crippen LogP contribution in [0, 0.1) is 5.82 Å². The van der Waals surface area contributed by atoms with Gasteiger partial charge in [-0.15, -0.1) is 0 Å². The van der Waals surface area contributed by atoms with Gasteiger partial charge in [-0.3, -0.25) is 0 Å². The highest BCUT2D eigenvalue weighted by Crippen LogP contribution is 2.32. The van der Waals surface area contributed by atoms with Gasteiger partial charge in [-0.2, -0.15) is 0 Å². The summed E-state index contributed by atoms with van der Waals surface area (Å²) in [6.07, 6.45) is 4.04. The van der Waals surface area contributed by atoms with Crippen LogP contribution >= 0.6 is 12.2 Å². The molecule has 0 saturated heterocycles. The molecule has 0 spiro atoms. The molecule has 0 aliphatic heterocycles. The fraction of sp³-hybridized carbons (Fsp3) is 0.500. The molecule has 1 fully saturated rings. The molecule has 3 N–H and O–H groups in total. The minimum atomic E-state index is -0.377. The fourth-order valence-electron chi connectivity index (χ4n) is 2.44. The Labute approximate surface area is 118 Å². The maximum absolute atomic E-state index is 13.9. The number of benzene rings is 1. The van der Waals surface area contributed by atoms with Gasteiger partial charge < -0.3 is 15.7 Å². The quantitative estimate of drug-likeness (QED) is 0.785. The molecule has 0 heterocycles. The van der Waals surface area contributed by atoms with Gasteiger partial charge >= 0.3 is 0 Å². The molecular formula is C14H19FN2OS. The van der Waals surface area contributed by atoms with E-state index in [1.807, 2.05) is 6.07 Å². The number of thiocarbonyl (C=S) groups is 1. The van der Waals surface area contributed by atoms with Crippen LogP contribution in [0.4, 0.5) is 10.1 Å². The predicted molar refractivity (Wildman–Crippen MR) is 79.0 cm³/mol. The predicted octanol–water partition coefficient (Wildman–Crippen LogP) is 2.20. The smallest absolute Gasteiger partial charge is 0.135 e. The van der Waals surface area contributed by atoms with Gasteiger partial charge in [-0.05, 0) is 37.8 Å². The van der Waals surface area contributed by atoms with Gasteiger partial charge in [0, 0.05) is 19.2 Å². The van der Waals surface area contributed by atoms with Crippen molar-refractivity contribution in [3.63, 3.8) is 0 Å². The second-order valence-corrected chi connectivity index (χ2v) is 5.29. The van der Waals surface area contributed by atoms with E-state index in [4.69, 9.17) is 23.1 Å². The molecule has 1 saturated carbocycles. The van der Waals surface area contributed by atoms with E-state index < -0.39 is 0 Å². The molecule has 0 aromatic heterocycles. The van der Waals surface area contributed by atoms with E-state index >= 15 is 0 Å². The molecule has 0 radical (unpaired) electrons. The van der Waals surface area contributed by atoms with Crippen LogP contribution in [0.5, 0.6) is 0 Å². The Bertz CT molecular complexity index is 463. The van der Waals surface area contributed by atoms with Crippen LogP contribution < -0.4 is 10.6 Å². The minimum Gasteiger partial charge on any atom is -0.396 e. The van der Waals surface area contributed by atoms with E-state index in [0.29, 0.717) is 24.6 Å². The molecule has 1 aliphatic rings. The van der Waals surface area contributed by atoms with Crippen LogP contribution in [0.1, 0.15) is 31.2 Å². The zero-order valence-electron chi connectivity index (χ0n) is 10.8. The Kier molecular flexibility index (Phi) is 4.71. The van der Waals surface area contributed by atoms with E-state index in [-0.39, 0.29) is 17.4 Å². The summed E-state index contributed by atoms with van der Waals surface area (Å²) in [4.78, 5) is 2.22. The van der Waals surface area contributed by atoms with Crippen LogP contribution in [0.15, 0.2) is 18.2 Å². The molecule has 5 heteroatoms. The Morgan fingerprint density at radius 2 is 2.21 bits per heavy atom. The van der Waals surface area contributed by atoms with Crippen molar-refractivity contribution in [1.29, 1.82) is 0 Å². The third kappa shape index (κ3) is 3.04. The lowest BCUT2D eigenvalue weighted by molar-refractivity contribution is 0.283. The number of hydrogen-bond acceptors (Lipinski definition) is 3. The van der Waals surface area contributed by atoms with E-state index in [1.54, 1.807) is 6.07 Å². The van der Waals surface area contributed by atoms with Crippen LogP contribution in [0.3, 0.4) is 0 Å². The normalized spacial score (nSPS) is 15.1. The van der Waals surface area contributed by atoms with Gasteiger partial charge in [0.1, 0.15) is 10.8 Å². The molecule has 19 heavy (non-hydrogen) atoms. The first-order valence-corrected chi connectivity index (χ1v) is 7.01. The van der Waals surface area contributed by atoms with Crippen molar-refractivity contribution < 1.29 is 9.50 Å². The van der Waals surface area contributed by atoms with Crippen LogP contribution in [0.25, 0.3) is 0 Å². The molecule has 3 nitrogen and oxygen atoms in total. The SMILES string of the molecule is NC(=S)c1c(F)cccc1N(CCCO)C1CCC1. The van der Waals surface area contributed by atoms with Crippen molar-refractivity contribution in [2.24, 2.45) is 5.73 Å². The molecule has 1 aliphatic carbocycles. The van der Waals surface area contributed by atoms with Gasteiger partial charge in [0.25, 0.3) is 0 Å². The summed E-state index contributed by atoms with van der Waals surface area (Å²) in [7, 11) is 0. The van der Waals surface area contributed by atoms with E-state index in [2.05, 4.69) is 4.90 Å². The van der Waals surface area contributed by atoms with Crippen molar-refractivity contribution in [2.75, 3.05) is 18.1 Å². The molecule has 104 valence electrons. The zero-order valence-corrected chi connectivity index (χ0v) is 11.6. The summed E-state index contributed by atoms with van der Waals surface area (Å²) >= 11 is 4.97. The number of nitrogens with zero attached hydrogens (tertiary/aromatic N) is 1. The van der Waals surface area contributed by atoms with Crippen molar-refractivity contribution in [3.05, 3.63) is 29.6 Å². The van der Waals surface area contributed by atoms with Gasteiger partial charge in [-0.1, -0.05) is 18.3 Å². The number of halogens is 1. The molecular weight excluding hydrogens is 263 g/mol. The first kappa shape index (κ1) is 14.2. The molecule has 0 atom stereocenters. The highest BCUT2D eigenvalue weighted by atomic mass is 32.1. The summed E-state index contributed by atoms with van der Waals surface area (Å²) in [6, 6.07) is 5.31. The number of aliphatic hydroxyl groups is 1. The van der Waals surface area contributed by atoms with Crippen LogP contribution in [-0.2, 0) is 0 Å². The average molecular weight is 282 g/mol. The second-order valence-electron chi connectivity index (χ2n) is 4.85. The number of rotatable bonds is 6. The summed E-state index contributed by atoms with van der Waals surface area (Å²) in [5.74, 6) is -0.377. The molecule has 0 amide bonds. The standard InChI is InChI=1S/C14H19FN2OS/c15-11-6-2-7-12(13(11)14(16)19)17(8-3-9-18)10-4-1-5-10/h2,6-7,10,18H,1,3-5,8-9H2,(H2,16,19). The largest absolute Gasteiger partial charge is 0.396 e. The summed E-state index contributed by atoms with van der Waals surface area (Å²) in [5, 5.41) is 9.02. The van der Waals surface area contributed by atoms with Crippen LogP contribution in [-0.4, -0.2) is 29.3 Å². The zero-order chi connectivity index (χ0) is 13.8. The Morgan fingerprint density at radius 1 is 1.47 bits per heavy atom. The molecule has 0 unspecified atom stereocenters. The number of aliphatic hydroxyl groups excluding tert-OH is 1. The number of hydrogen-bond donors (Lipinski definition) is 2. The van der Waals surface area contributed by atoms with E-state index in [1.165, 1.54) is 12.5 Å². The Hall–Kier alpha value is -1.20. The van der Waals surface area contributed by atoms with Crippen LogP contribution in [0.2, 0.25) is 0 Å². The molecule has 1 aromatic carbocycles. The lowest BCUT2D eigenvalue weighted by Crippen LogP contribution is -2.42. The number of nitrogens with two attached hydrogens (primary N) is 1. The van der Waals surface area contributed by atoms with Gasteiger partial charge in [0.05, 0.1) is 11.3 Å². The Morgan fingerprint density at radius 3 is 2.74 bits per heavy atom. The topological polar surface area (TPSA) is 49.5 Å². The highest BCUT2D eigenvalue weighted by Gasteiger charge is 2.27. The summed E-state index contributed by atoms with van der Waals surface area (Å²) in [6.45, 7) is 0.821. The van der Waals surface area contributed by atoms with Crippen molar-refractivity contribution in [3.8, 4) is 0 Å². The summed E-state index contributed by atoms with van der Waals surface area (Å²) < 4.78 is 13.9. The lowest BCUT2D eigenvalue weighted by Gasteiger charge is -2.40. The van der Waals surface area contributed by atoms with Crippen molar-refractivity contribution in [2.45, 2.75) is 31.7 Å². The van der Waals surface area contributed by atoms with E-state index in [0.717, 1.165) is 18.5 Å². The first-order valence-electron chi connectivity index (χ1n) is 6.61. The van der Waals surface area contributed by atoms with E-state index in [9.17, 15) is 4.39 Å². The third-order valence-electron chi connectivity index (χ3n) is 3.62. The number of anilines is 1. The second kappa shape index (κ2) is 6.30. The summed E-state index contributed by atoms with van der Waals surface area (Å²) in [5.41, 5.74) is 6.73. The third-order valence-corrected chi connectivity index (χ3v) is 3.82. The van der Waals surface area contributed by atoms with Gasteiger partial charge in [0.2, 0.25) is 0 Å². The maximum Gasteiger partial charge on any atom is 0.135 e. The highest BCUT2D eigenvalue weighted by molar-refractivity contribution is 7.80. The minimum absolute atomic E-state index is 0.0846. The molecule has 0 bridgehead atoms. The molecule has 1 aromatic rings. The first-order chi connectivity index (χ1) is 9.15.